The molecule has 0 spiro atoms. The van der Waals surface area contributed by atoms with Gasteiger partial charge in [0.25, 0.3) is 0 Å². The number of anilines is 1. The average molecular weight is 373 g/mol. The van der Waals surface area contributed by atoms with E-state index in [1.54, 1.807) is 11.8 Å². The standard InChI is InChI=1S/C24H23NO3/c1-2-28-24(27)23(20-14-8-4-9-15-20)25(21-16-10-5-11-17-21)22(26)18-19-12-6-3-7-13-19/h3-17,23H,2,18H2,1H3. The van der Waals surface area contributed by atoms with E-state index in [0.717, 1.165) is 5.56 Å². The van der Waals surface area contributed by atoms with Crippen LogP contribution in [0.4, 0.5) is 5.69 Å². The van der Waals surface area contributed by atoms with E-state index in [4.69, 9.17) is 4.74 Å². The molecule has 0 saturated carbocycles. The van der Waals surface area contributed by atoms with Gasteiger partial charge in [-0.1, -0.05) is 78.9 Å². The second-order valence-electron chi connectivity index (χ2n) is 6.33. The Bertz CT molecular complexity index is 895. The molecule has 142 valence electrons. The van der Waals surface area contributed by atoms with Crippen LogP contribution in [0.1, 0.15) is 24.1 Å². The fourth-order valence-corrected chi connectivity index (χ4v) is 3.13. The summed E-state index contributed by atoms with van der Waals surface area (Å²) in [5.74, 6) is -0.613. The van der Waals surface area contributed by atoms with Gasteiger partial charge in [-0.15, -0.1) is 0 Å². The van der Waals surface area contributed by atoms with Crippen LogP contribution in [0.25, 0.3) is 0 Å². The third-order valence-electron chi connectivity index (χ3n) is 4.38. The monoisotopic (exact) mass is 373 g/mol. The van der Waals surface area contributed by atoms with Crippen LogP contribution in [0.2, 0.25) is 0 Å². The van der Waals surface area contributed by atoms with Crippen molar-refractivity contribution in [1.29, 1.82) is 0 Å². The van der Waals surface area contributed by atoms with Gasteiger partial charge in [-0.2, -0.15) is 0 Å². The van der Waals surface area contributed by atoms with Gasteiger partial charge in [0.2, 0.25) is 5.91 Å². The number of rotatable bonds is 7. The molecule has 0 N–H and O–H groups in total. The molecule has 0 bridgehead atoms. The molecule has 0 radical (unpaired) electrons. The third-order valence-corrected chi connectivity index (χ3v) is 4.38. The van der Waals surface area contributed by atoms with Crippen molar-refractivity contribution in [3.63, 3.8) is 0 Å². The van der Waals surface area contributed by atoms with Gasteiger partial charge in [0.05, 0.1) is 13.0 Å². The van der Waals surface area contributed by atoms with Crippen LogP contribution in [-0.4, -0.2) is 18.5 Å². The highest BCUT2D eigenvalue weighted by molar-refractivity contribution is 6.00. The highest BCUT2D eigenvalue weighted by Gasteiger charge is 2.33. The van der Waals surface area contributed by atoms with Crippen molar-refractivity contribution in [2.45, 2.75) is 19.4 Å². The Morgan fingerprint density at radius 1 is 0.821 bits per heavy atom. The maximum atomic E-state index is 13.4. The zero-order chi connectivity index (χ0) is 19.8. The Balaban J connectivity index is 2.04. The summed E-state index contributed by atoms with van der Waals surface area (Å²) in [4.78, 5) is 27.8. The van der Waals surface area contributed by atoms with Gasteiger partial charge < -0.3 is 4.74 Å². The summed E-state index contributed by atoms with van der Waals surface area (Å²) in [5.41, 5.74) is 2.26. The number of nitrogens with zero attached hydrogens (tertiary/aromatic N) is 1. The van der Waals surface area contributed by atoms with E-state index < -0.39 is 12.0 Å². The maximum absolute atomic E-state index is 13.4. The fraction of sp³-hybridized carbons (Fsp3) is 0.167. The number of carbonyl (C=O) groups excluding carboxylic acids is 2. The molecule has 0 aromatic heterocycles. The minimum atomic E-state index is -0.847. The molecular weight excluding hydrogens is 350 g/mol. The van der Waals surface area contributed by atoms with Gasteiger partial charge in [0.15, 0.2) is 6.04 Å². The summed E-state index contributed by atoms with van der Waals surface area (Å²) in [6.45, 7) is 2.01. The van der Waals surface area contributed by atoms with Crippen LogP contribution < -0.4 is 4.90 Å². The number of amides is 1. The third kappa shape index (κ3) is 4.65. The molecule has 1 amide bonds. The smallest absolute Gasteiger partial charge is 0.333 e. The van der Waals surface area contributed by atoms with Crippen molar-refractivity contribution in [2.75, 3.05) is 11.5 Å². The Morgan fingerprint density at radius 3 is 1.93 bits per heavy atom. The van der Waals surface area contributed by atoms with E-state index in [2.05, 4.69) is 0 Å². The summed E-state index contributed by atoms with van der Waals surface area (Å²) >= 11 is 0. The van der Waals surface area contributed by atoms with Gasteiger partial charge in [-0.3, -0.25) is 9.69 Å². The summed E-state index contributed by atoms with van der Waals surface area (Å²) in [6.07, 6.45) is 0.193. The zero-order valence-electron chi connectivity index (χ0n) is 15.8. The summed E-state index contributed by atoms with van der Waals surface area (Å²) in [5, 5.41) is 0. The topological polar surface area (TPSA) is 46.6 Å². The number of esters is 1. The van der Waals surface area contributed by atoms with E-state index in [-0.39, 0.29) is 18.9 Å². The van der Waals surface area contributed by atoms with E-state index in [1.807, 2.05) is 91.0 Å². The predicted molar refractivity (Wildman–Crippen MR) is 110 cm³/mol. The van der Waals surface area contributed by atoms with Crippen LogP contribution >= 0.6 is 0 Å². The summed E-state index contributed by atoms with van der Waals surface area (Å²) < 4.78 is 5.33. The van der Waals surface area contributed by atoms with Crippen molar-refractivity contribution in [3.8, 4) is 0 Å². The lowest BCUT2D eigenvalue weighted by atomic mass is 10.0. The molecule has 0 heterocycles. The van der Waals surface area contributed by atoms with E-state index in [0.29, 0.717) is 11.3 Å². The Hall–Kier alpha value is -3.40. The molecule has 0 fully saturated rings. The van der Waals surface area contributed by atoms with Gasteiger partial charge in [0, 0.05) is 5.69 Å². The minimum Gasteiger partial charge on any atom is -0.464 e. The first-order valence-electron chi connectivity index (χ1n) is 9.33. The second-order valence-corrected chi connectivity index (χ2v) is 6.33. The van der Waals surface area contributed by atoms with Crippen LogP contribution in [0.5, 0.6) is 0 Å². The maximum Gasteiger partial charge on any atom is 0.333 e. The molecule has 28 heavy (non-hydrogen) atoms. The molecule has 1 unspecified atom stereocenters. The highest BCUT2D eigenvalue weighted by atomic mass is 16.5. The number of hydrogen-bond donors (Lipinski definition) is 0. The van der Waals surface area contributed by atoms with Gasteiger partial charge >= 0.3 is 5.97 Å². The van der Waals surface area contributed by atoms with Crippen molar-refractivity contribution in [2.24, 2.45) is 0 Å². The minimum absolute atomic E-state index is 0.167. The Kier molecular flexibility index (Phi) is 6.58. The largest absolute Gasteiger partial charge is 0.464 e. The molecule has 1 atom stereocenters. The van der Waals surface area contributed by atoms with Crippen LogP contribution in [0.15, 0.2) is 91.0 Å². The van der Waals surface area contributed by atoms with Gasteiger partial charge in [-0.05, 0) is 30.2 Å². The average Bonchev–Trinajstić information content (AvgIpc) is 2.74. The van der Waals surface area contributed by atoms with Gasteiger partial charge in [-0.25, -0.2) is 4.79 Å². The SMILES string of the molecule is CCOC(=O)C(c1ccccc1)N(C(=O)Cc1ccccc1)c1ccccc1. The van der Waals surface area contributed by atoms with Crippen LogP contribution in [0.3, 0.4) is 0 Å². The summed E-state index contributed by atoms with van der Waals surface area (Å²) in [6, 6.07) is 27.2. The lowest BCUT2D eigenvalue weighted by molar-refractivity contribution is -0.146. The summed E-state index contributed by atoms with van der Waals surface area (Å²) in [7, 11) is 0. The molecule has 3 aromatic rings. The van der Waals surface area contributed by atoms with Crippen LogP contribution in [0, 0.1) is 0 Å². The Labute approximate surface area is 165 Å². The van der Waals surface area contributed by atoms with E-state index in [1.165, 1.54) is 0 Å². The molecule has 4 nitrogen and oxygen atoms in total. The highest BCUT2D eigenvalue weighted by Crippen LogP contribution is 2.29. The fourth-order valence-electron chi connectivity index (χ4n) is 3.13. The molecule has 0 aliphatic heterocycles. The molecule has 3 rings (SSSR count). The van der Waals surface area contributed by atoms with Crippen molar-refractivity contribution < 1.29 is 14.3 Å². The number of carbonyl (C=O) groups is 2. The molecule has 0 aliphatic rings. The number of para-hydroxylation sites is 1. The van der Waals surface area contributed by atoms with E-state index >= 15 is 0 Å². The first-order chi connectivity index (χ1) is 13.7. The van der Waals surface area contributed by atoms with E-state index in [9.17, 15) is 9.59 Å². The number of benzene rings is 3. The Morgan fingerprint density at radius 2 is 1.36 bits per heavy atom. The number of hydrogen-bond acceptors (Lipinski definition) is 3. The van der Waals surface area contributed by atoms with Crippen molar-refractivity contribution >= 4 is 17.6 Å². The first-order valence-corrected chi connectivity index (χ1v) is 9.33. The first kappa shape index (κ1) is 19.4. The number of ether oxygens (including phenoxy) is 1. The predicted octanol–water partition coefficient (Wildman–Crippen LogP) is 4.57. The molecule has 0 aliphatic carbocycles. The lowest BCUT2D eigenvalue weighted by Crippen LogP contribution is -2.41. The normalized spacial score (nSPS) is 11.5. The van der Waals surface area contributed by atoms with Gasteiger partial charge in [0.1, 0.15) is 0 Å². The molecule has 3 aromatic carbocycles. The molecule has 4 heteroatoms. The van der Waals surface area contributed by atoms with Crippen LogP contribution in [-0.2, 0) is 20.7 Å². The quantitative estimate of drug-likeness (QED) is 0.570. The molecular formula is C24H23NO3. The van der Waals surface area contributed by atoms with Crippen molar-refractivity contribution in [3.05, 3.63) is 102 Å². The van der Waals surface area contributed by atoms with Crippen molar-refractivity contribution in [1.82, 2.24) is 0 Å². The molecule has 0 saturated heterocycles. The lowest BCUT2D eigenvalue weighted by Gasteiger charge is -2.31. The second kappa shape index (κ2) is 9.51. The zero-order valence-corrected chi connectivity index (χ0v) is 15.8.